The zero-order chi connectivity index (χ0) is 26.3. The molecule has 4 fully saturated rings. The number of likely N-dealkylation sites (N-methyl/N-ethyl adjacent to an activating group) is 1. The van der Waals surface area contributed by atoms with E-state index in [9.17, 15) is 14.4 Å². The molecule has 5 rings (SSSR count). The van der Waals surface area contributed by atoms with Crippen LogP contribution in [0.1, 0.15) is 57.3 Å². The lowest BCUT2D eigenvalue weighted by atomic mass is 9.80. The second kappa shape index (κ2) is 10.4. The number of carbonyl (C=O) groups is 3. The van der Waals surface area contributed by atoms with Crippen molar-refractivity contribution in [3.63, 3.8) is 0 Å². The highest BCUT2D eigenvalue weighted by Gasteiger charge is 2.57. The first-order valence-electron chi connectivity index (χ1n) is 14.1. The van der Waals surface area contributed by atoms with Gasteiger partial charge in [-0.3, -0.25) is 14.4 Å². The van der Waals surface area contributed by atoms with E-state index in [1.807, 2.05) is 45.0 Å². The number of benzene rings is 1. The Morgan fingerprint density at radius 2 is 1.76 bits per heavy atom. The SMILES string of the molecule is CCN1CCN(c2ccc(C(=O)NC(C(=O)N3C[C@H](C4CC4)[C@H]4OCC(=O)[C@H]43)C(C)(C)CC)cc2)CC1. The third-order valence-electron chi connectivity index (χ3n) is 9.26. The van der Waals surface area contributed by atoms with Gasteiger partial charge in [0.05, 0.1) is 6.10 Å². The Balaban J connectivity index is 1.30. The van der Waals surface area contributed by atoms with E-state index in [1.54, 1.807) is 4.90 Å². The van der Waals surface area contributed by atoms with Crippen LogP contribution in [-0.4, -0.2) is 91.5 Å². The number of Topliss-reactive ketones (excluding diaryl/α,β-unsaturated/α-hetero) is 1. The molecule has 1 aromatic rings. The van der Waals surface area contributed by atoms with E-state index in [2.05, 4.69) is 22.0 Å². The van der Waals surface area contributed by atoms with Gasteiger partial charge in [-0.15, -0.1) is 0 Å². The number of likely N-dealkylation sites (tertiary alicyclic amines) is 1. The summed E-state index contributed by atoms with van der Waals surface area (Å²) < 4.78 is 5.86. The van der Waals surface area contributed by atoms with Crippen molar-refractivity contribution in [2.45, 2.75) is 65.1 Å². The fourth-order valence-electron chi connectivity index (χ4n) is 6.18. The molecule has 4 atom stereocenters. The van der Waals surface area contributed by atoms with Crippen molar-refractivity contribution in [1.29, 1.82) is 0 Å². The van der Waals surface area contributed by atoms with Gasteiger partial charge < -0.3 is 24.8 Å². The Hall–Kier alpha value is -2.45. The number of ketones is 1. The number of ether oxygens (including phenoxy) is 1. The van der Waals surface area contributed by atoms with E-state index in [4.69, 9.17) is 4.74 Å². The number of nitrogens with zero attached hydrogens (tertiary/aromatic N) is 3. The van der Waals surface area contributed by atoms with Crippen LogP contribution < -0.4 is 10.2 Å². The molecule has 0 aromatic heterocycles. The summed E-state index contributed by atoms with van der Waals surface area (Å²) in [6, 6.07) is 6.45. The molecular formula is C29H42N4O4. The number of carbonyl (C=O) groups excluding carboxylic acids is 3. The third kappa shape index (κ3) is 5.15. The predicted octanol–water partition coefficient (Wildman–Crippen LogP) is 2.57. The number of anilines is 1. The molecule has 8 heteroatoms. The Labute approximate surface area is 220 Å². The molecule has 1 aliphatic carbocycles. The first kappa shape index (κ1) is 26.2. The third-order valence-corrected chi connectivity index (χ3v) is 9.26. The van der Waals surface area contributed by atoms with Gasteiger partial charge in [-0.05, 0) is 61.4 Å². The van der Waals surface area contributed by atoms with E-state index < -0.39 is 17.5 Å². The number of fused-ring (bicyclic) bond motifs is 1. The molecule has 1 aromatic carbocycles. The van der Waals surface area contributed by atoms with Gasteiger partial charge in [-0.1, -0.05) is 27.7 Å². The molecule has 1 unspecified atom stereocenters. The first-order chi connectivity index (χ1) is 17.7. The summed E-state index contributed by atoms with van der Waals surface area (Å²) in [5, 5.41) is 3.07. The minimum atomic E-state index is -0.723. The number of hydrogen-bond donors (Lipinski definition) is 1. The first-order valence-corrected chi connectivity index (χ1v) is 14.1. The van der Waals surface area contributed by atoms with Crippen LogP contribution in [0.3, 0.4) is 0 Å². The molecular weight excluding hydrogens is 468 g/mol. The summed E-state index contributed by atoms with van der Waals surface area (Å²) in [6.45, 7) is 14.0. The summed E-state index contributed by atoms with van der Waals surface area (Å²) in [6.07, 6.45) is 2.79. The van der Waals surface area contributed by atoms with Crippen molar-refractivity contribution in [1.82, 2.24) is 15.1 Å². The van der Waals surface area contributed by atoms with Crippen LogP contribution in [-0.2, 0) is 14.3 Å². The Morgan fingerprint density at radius 3 is 2.35 bits per heavy atom. The summed E-state index contributed by atoms with van der Waals surface area (Å²) in [7, 11) is 0. The molecule has 8 nitrogen and oxygen atoms in total. The predicted molar refractivity (Wildman–Crippen MR) is 143 cm³/mol. The van der Waals surface area contributed by atoms with E-state index in [0.29, 0.717) is 24.4 Å². The lowest BCUT2D eigenvalue weighted by Crippen LogP contribution is -2.57. The number of piperazine rings is 1. The van der Waals surface area contributed by atoms with Gasteiger partial charge >= 0.3 is 0 Å². The van der Waals surface area contributed by atoms with Gasteiger partial charge in [0.15, 0.2) is 5.78 Å². The zero-order valence-electron chi connectivity index (χ0n) is 22.7. The van der Waals surface area contributed by atoms with Crippen LogP contribution >= 0.6 is 0 Å². The number of rotatable bonds is 8. The van der Waals surface area contributed by atoms with Crippen molar-refractivity contribution < 1.29 is 19.1 Å². The summed E-state index contributed by atoms with van der Waals surface area (Å²) >= 11 is 0. The van der Waals surface area contributed by atoms with Gasteiger partial charge in [0.1, 0.15) is 18.7 Å². The maximum absolute atomic E-state index is 14.0. The standard InChI is InChI=1S/C29H42N4O4/c1-5-29(3,4)26(28(36)33-17-22(19-7-8-19)25-24(33)23(34)18-37-25)30-27(35)20-9-11-21(12-10-20)32-15-13-31(6-2)14-16-32/h9-12,19,22,24-26H,5-8,13-18H2,1-4H3,(H,30,35)/t22-,24-,25-,26?/m1/s1. The highest BCUT2D eigenvalue weighted by Crippen LogP contribution is 2.46. The summed E-state index contributed by atoms with van der Waals surface area (Å²) in [5.41, 5.74) is 1.18. The maximum atomic E-state index is 14.0. The Kier molecular flexibility index (Phi) is 7.33. The lowest BCUT2D eigenvalue weighted by Gasteiger charge is -2.37. The second-order valence-corrected chi connectivity index (χ2v) is 11.9. The van der Waals surface area contributed by atoms with Crippen molar-refractivity contribution in [2.24, 2.45) is 17.3 Å². The molecule has 0 bridgehead atoms. The van der Waals surface area contributed by atoms with Gasteiger partial charge in [0.25, 0.3) is 5.91 Å². The summed E-state index contributed by atoms with van der Waals surface area (Å²) in [4.78, 5) is 46.6. The monoisotopic (exact) mass is 510 g/mol. The molecule has 202 valence electrons. The molecule has 1 saturated carbocycles. The van der Waals surface area contributed by atoms with E-state index in [-0.39, 0.29) is 36.2 Å². The van der Waals surface area contributed by atoms with E-state index >= 15 is 0 Å². The lowest BCUT2D eigenvalue weighted by molar-refractivity contribution is -0.140. The van der Waals surface area contributed by atoms with Crippen molar-refractivity contribution in [3.8, 4) is 0 Å². The second-order valence-electron chi connectivity index (χ2n) is 11.9. The maximum Gasteiger partial charge on any atom is 0.251 e. The van der Waals surface area contributed by atoms with Gasteiger partial charge in [0, 0.05) is 49.9 Å². The molecule has 37 heavy (non-hydrogen) atoms. The smallest absolute Gasteiger partial charge is 0.251 e. The molecule has 1 N–H and O–H groups in total. The molecule has 2 amide bonds. The van der Waals surface area contributed by atoms with Crippen molar-refractivity contribution in [2.75, 3.05) is 50.8 Å². The number of nitrogens with one attached hydrogen (secondary N) is 1. The Bertz CT molecular complexity index is 1010. The van der Waals surface area contributed by atoms with Crippen LogP contribution in [0.4, 0.5) is 5.69 Å². The van der Waals surface area contributed by atoms with Crippen LogP contribution in [0.2, 0.25) is 0 Å². The molecule has 4 aliphatic rings. The van der Waals surface area contributed by atoms with Crippen LogP contribution in [0.15, 0.2) is 24.3 Å². The molecule has 3 heterocycles. The largest absolute Gasteiger partial charge is 0.369 e. The van der Waals surface area contributed by atoms with Crippen LogP contribution in [0, 0.1) is 17.3 Å². The van der Waals surface area contributed by atoms with Crippen molar-refractivity contribution in [3.05, 3.63) is 29.8 Å². The molecule has 3 saturated heterocycles. The topological polar surface area (TPSA) is 82.2 Å². The molecule has 0 radical (unpaired) electrons. The fraction of sp³-hybridized carbons (Fsp3) is 0.690. The quantitative estimate of drug-likeness (QED) is 0.579. The van der Waals surface area contributed by atoms with Crippen LogP contribution in [0.5, 0.6) is 0 Å². The average molecular weight is 511 g/mol. The summed E-state index contributed by atoms with van der Waals surface area (Å²) in [5.74, 6) is 0.310. The van der Waals surface area contributed by atoms with Gasteiger partial charge in [-0.25, -0.2) is 0 Å². The minimum Gasteiger partial charge on any atom is -0.369 e. The zero-order valence-corrected chi connectivity index (χ0v) is 22.7. The normalized spacial score (nSPS) is 27.4. The molecule has 0 spiro atoms. The minimum absolute atomic E-state index is 0.0174. The van der Waals surface area contributed by atoms with Crippen LogP contribution in [0.25, 0.3) is 0 Å². The highest BCUT2D eigenvalue weighted by atomic mass is 16.5. The fourth-order valence-corrected chi connectivity index (χ4v) is 6.18. The molecule has 3 aliphatic heterocycles. The average Bonchev–Trinajstić information content (AvgIpc) is 3.59. The van der Waals surface area contributed by atoms with E-state index in [1.165, 1.54) is 0 Å². The Morgan fingerprint density at radius 1 is 1.08 bits per heavy atom. The van der Waals surface area contributed by atoms with Crippen molar-refractivity contribution >= 4 is 23.3 Å². The van der Waals surface area contributed by atoms with Gasteiger partial charge in [0.2, 0.25) is 5.91 Å². The van der Waals surface area contributed by atoms with E-state index in [0.717, 1.165) is 51.3 Å². The highest BCUT2D eigenvalue weighted by molar-refractivity contribution is 5.99. The number of amides is 2. The number of hydrogen-bond acceptors (Lipinski definition) is 6. The van der Waals surface area contributed by atoms with Gasteiger partial charge in [-0.2, -0.15) is 0 Å².